The number of nitrogens with zero attached hydrogens (tertiary/aromatic N) is 1. The molecule has 2 N–H and O–H groups in total. The Kier molecular flexibility index (Phi) is 9.15. The van der Waals surface area contributed by atoms with E-state index in [1.54, 1.807) is 24.7 Å². The number of aromatic amines is 1. The Bertz CT molecular complexity index is 1310. The molecule has 37 heavy (non-hydrogen) atoms. The first-order valence-electron chi connectivity index (χ1n) is 12.1. The number of H-pyrrole nitrogens is 1. The van der Waals surface area contributed by atoms with Crippen molar-refractivity contribution in [3.05, 3.63) is 102 Å². The molecular weight excluding hydrogens is 470 g/mol. The molecule has 0 aliphatic rings. The van der Waals surface area contributed by atoms with Gasteiger partial charge in [0.25, 0.3) is 0 Å². The van der Waals surface area contributed by atoms with Gasteiger partial charge in [-0.15, -0.1) is 0 Å². The summed E-state index contributed by atoms with van der Waals surface area (Å²) in [5.74, 6) is -0.388. The Balaban J connectivity index is 1.35. The van der Waals surface area contributed by atoms with E-state index < -0.39 is 6.09 Å². The fraction of sp³-hybridized carbons (Fsp3) is 0.241. The molecule has 0 aliphatic heterocycles. The van der Waals surface area contributed by atoms with Crippen molar-refractivity contribution < 1.29 is 23.5 Å². The fourth-order valence-corrected chi connectivity index (χ4v) is 4.00. The van der Waals surface area contributed by atoms with E-state index in [0.717, 1.165) is 35.2 Å². The summed E-state index contributed by atoms with van der Waals surface area (Å²) in [6.07, 6.45) is 8.73. The number of carbonyl (C=O) groups excluding carboxylic acids is 2. The molecule has 0 unspecified atom stereocenters. The summed E-state index contributed by atoms with van der Waals surface area (Å²) in [5.41, 5.74) is 5.29. The molecule has 0 spiro atoms. The van der Waals surface area contributed by atoms with Crippen molar-refractivity contribution >= 4 is 29.0 Å². The normalized spacial score (nSPS) is 11.3. The summed E-state index contributed by atoms with van der Waals surface area (Å²) in [6.45, 7) is 2.71. The molecule has 2 aromatic carbocycles. The standard InChI is InChI=1S/C29H31N3O5/c1-35-28(33)11-10-22-6-8-23(9-7-22)20-32(14-12-25-19-30-27-5-3-2-4-26(25)27)15-17-37-29(34)31-18-24-13-16-36-21-24/h2-11,13,16,19,21,30H,12,14-15,17-18,20H2,1H3,(H,31,34)/b11-10+. The van der Waals surface area contributed by atoms with E-state index in [4.69, 9.17) is 9.15 Å². The second-order valence-electron chi connectivity index (χ2n) is 8.60. The van der Waals surface area contributed by atoms with E-state index >= 15 is 0 Å². The highest BCUT2D eigenvalue weighted by molar-refractivity contribution is 5.86. The maximum Gasteiger partial charge on any atom is 0.407 e. The third kappa shape index (κ3) is 7.85. The zero-order chi connectivity index (χ0) is 25.9. The van der Waals surface area contributed by atoms with Crippen molar-refractivity contribution in [2.45, 2.75) is 19.5 Å². The lowest BCUT2D eigenvalue weighted by atomic mass is 10.1. The molecular formula is C29H31N3O5. The minimum absolute atomic E-state index is 0.269. The van der Waals surface area contributed by atoms with Crippen LogP contribution in [-0.2, 0) is 33.8 Å². The molecule has 0 fully saturated rings. The molecule has 2 heterocycles. The number of fused-ring (bicyclic) bond motifs is 1. The van der Waals surface area contributed by atoms with Gasteiger partial charge >= 0.3 is 12.1 Å². The van der Waals surface area contributed by atoms with Crippen LogP contribution in [0.5, 0.6) is 0 Å². The van der Waals surface area contributed by atoms with Crippen molar-refractivity contribution in [2.75, 3.05) is 26.8 Å². The van der Waals surface area contributed by atoms with E-state index in [2.05, 4.69) is 38.3 Å². The highest BCUT2D eigenvalue weighted by atomic mass is 16.5. The highest BCUT2D eigenvalue weighted by Crippen LogP contribution is 2.19. The van der Waals surface area contributed by atoms with Crippen LogP contribution in [0, 0.1) is 0 Å². The van der Waals surface area contributed by atoms with Crippen LogP contribution in [-0.4, -0.2) is 48.8 Å². The molecule has 0 saturated heterocycles. The number of amides is 1. The van der Waals surface area contributed by atoms with Crippen molar-refractivity contribution in [3.63, 3.8) is 0 Å². The van der Waals surface area contributed by atoms with Gasteiger partial charge in [-0.1, -0.05) is 42.5 Å². The number of aromatic nitrogens is 1. The summed E-state index contributed by atoms with van der Waals surface area (Å²) >= 11 is 0. The van der Waals surface area contributed by atoms with Gasteiger partial charge in [0.15, 0.2) is 0 Å². The maximum absolute atomic E-state index is 12.1. The van der Waals surface area contributed by atoms with Crippen LogP contribution in [0.15, 0.2) is 83.8 Å². The summed E-state index contributed by atoms with van der Waals surface area (Å²) in [6, 6.07) is 18.1. The predicted octanol–water partition coefficient (Wildman–Crippen LogP) is 4.92. The first-order valence-corrected chi connectivity index (χ1v) is 12.1. The fourth-order valence-electron chi connectivity index (χ4n) is 4.00. The quantitative estimate of drug-likeness (QED) is 0.211. The van der Waals surface area contributed by atoms with Crippen molar-refractivity contribution in [2.24, 2.45) is 0 Å². The zero-order valence-electron chi connectivity index (χ0n) is 20.8. The van der Waals surface area contributed by atoms with Gasteiger partial charge in [0.2, 0.25) is 0 Å². The number of nitrogens with one attached hydrogen (secondary N) is 2. The number of esters is 1. The van der Waals surface area contributed by atoms with E-state index in [0.29, 0.717) is 19.6 Å². The van der Waals surface area contributed by atoms with Gasteiger partial charge < -0.3 is 24.2 Å². The van der Waals surface area contributed by atoms with Gasteiger partial charge in [-0.3, -0.25) is 4.90 Å². The minimum Gasteiger partial charge on any atom is -0.472 e. The molecule has 8 nitrogen and oxygen atoms in total. The zero-order valence-corrected chi connectivity index (χ0v) is 20.8. The molecule has 0 atom stereocenters. The summed E-state index contributed by atoms with van der Waals surface area (Å²) < 4.78 is 15.1. The first kappa shape index (κ1) is 25.8. The maximum atomic E-state index is 12.1. The van der Waals surface area contributed by atoms with Crippen LogP contribution < -0.4 is 5.32 Å². The molecule has 2 aromatic heterocycles. The summed E-state index contributed by atoms with van der Waals surface area (Å²) in [5, 5.41) is 3.95. The third-order valence-corrected chi connectivity index (χ3v) is 6.03. The first-order chi connectivity index (χ1) is 18.1. The highest BCUT2D eigenvalue weighted by Gasteiger charge is 2.11. The van der Waals surface area contributed by atoms with Crippen LogP contribution in [0.1, 0.15) is 22.3 Å². The second kappa shape index (κ2) is 13.1. The minimum atomic E-state index is -0.459. The average molecular weight is 502 g/mol. The number of rotatable bonds is 12. The average Bonchev–Trinajstić information content (AvgIpc) is 3.60. The van der Waals surface area contributed by atoms with E-state index in [1.807, 2.05) is 36.4 Å². The predicted molar refractivity (Wildman–Crippen MR) is 142 cm³/mol. The Morgan fingerprint density at radius 1 is 1.05 bits per heavy atom. The lowest BCUT2D eigenvalue weighted by molar-refractivity contribution is -0.134. The van der Waals surface area contributed by atoms with Crippen molar-refractivity contribution in [1.29, 1.82) is 0 Å². The van der Waals surface area contributed by atoms with Gasteiger partial charge in [0.05, 0.1) is 19.6 Å². The van der Waals surface area contributed by atoms with Gasteiger partial charge in [0, 0.05) is 54.9 Å². The number of hydrogen-bond acceptors (Lipinski definition) is 6. The van der Waals surface area contributed by atoms with Crippen LogP contribution in [0.2, 0.25) is 0 Å². The molecule has 4 aromatic rings. The number of furan rings is 1. The Morgan fingerprint density at radius 2 is 1.89 bits per heavy atom. The molecule has 192 valence electrons. The topological polar surface area (TPSA) is 96.8 Å². The van der Waals surface area contributed by atoms with Crippen molar-refractivity contribution in [1.82, 2.24) is 15.2 Å². The SMILES string of the molecule is COC(=O)/C=C/c1ccc(CN(CCOC(=O)NCc2ccoc2)CCc2c[nH]c3ccccc23)cc1. The monoisotopic (exact) mass is 501 g/mol. The Labute approximate surface area is 215 Å². The van der Waals surface area contributed by atoms with Crippen LogP contribution in [0.4, 0.5) is 4.79 Å². The largest absolute Gasteiger partial charge is 0.472 e. The molecule has 0 radical (unpaired) electrons. The lowest BCUT2D eigenvalue weighted by Gasteiger charge is -2.22. The van der Waals surface area contributed by atoms with Crippen LogP contribution >= 0.6 is 0 Å². The molecule has 8 heteroatoms. The van der Waals surface area contributed by atoms with E-state index in [-0.39, 0.29) is 12.6 Å². The number of alkyl carbamates (subject to hydrolysis) is 1. The van der Waals surface area contributed by atoms with Crippen molar-refractivity contribution in [3.8, 4) is 0 Å². The molecule has 0 saturated carbocycles. The van der Waals surface area contributed by atoms with Gasteiger partial charge in [-0.2, -0.15) is 0 Å². The van der Waals surface area contributed by atoms with E-state index in [9.17, 15) is 9.59 Å². The second-order valence-corrected chi connectivity index (χ2v) is 8.60. The van der Waals surface area contributed by atoms with E-state index in [1.165, 1.54) is 24.1 Å². The molecule has 1 amide bonds. The van der Waals surface area contributed by atoms with Crippen LogP contribution in [0.3, 0.4) is 0 Å². The number of methoxy groups -OCH3 is 1. The molecule has 0 aliphatic carbocycles. The number of para-hydroxylation sites is 1. The van der Waals surface area contributed by atoms with Gasteiger partial charge in [-0.25, -0.2) is 9.59 Å². The smallest absolute Gasteiger partial charge is 0.407 e. The molecule has 0 bridgehead atoms. The molecule has 4 rings (SSSR count). The Morgan fingerprint density at radius 3 is 2.68 bits per heavy atom. The lowest BCUT2D eigenvalue weighted by Crippen LogP contribution is -2.32. The number of benzene rings is 2. The summed E-state index contributed by atoms with van der Waals surface area (Å²) in [4.78, 5) is 29.0. The van der Waals surface area contributed by atoms with Gasteiger partial charge in [-0.05, 0) is 41.3 Å². The van der Waals surface area contributed by atoms with Crippen LogP contribution in [0.25, 0.3) is 17.0 Å². The summed E-state index contributed by atoms with van der Waals surface area (Å²) in [7, 11) is 1.35. The van der Waals surface area contributed by atoms with Gasteiger partial charge in [0.1, 0.15) is 6.61 Å². The third-order valence-electron chi connectivity index (χ3n) is 6.03. The Hall–Kier alpha value is -4.30. The number of hydrogen-bond donors (Lipinski definition) is 2. The number of carbonyl (C=O) groups is 2. The number of ether oxygens (including phenoxy) is 2.